The van der Waals surface area contributed by atoms with Crippen LogP contribution in [0, 0.1) is 6.92 Å². The zero-order valence-corrected chi connectivity index (χ0v) is 15.4. The molecule has 0 aliphatic carbocycles. The molecule has 0 unspecified atom stereocenters. The Balaban J connectivity index is 2.24. The van der Waals surface area contributed by atoms with Gasteiger partial charge in [-0.15, -0.1) is 0 Å². The fraction of sp³-hybridized carbons (Fsp3) is 0.714. The smallest absolute Gasteiger partial charge is 0.280 e. The first kappa shape index (κ1) is 18.8. The fourth-order valence-electron chi connectivity index (χ4n) is 2.90. The minimum Gasteiger partial charge on any atom is -0.383 e. The third-order valence-corrected chi connectivity index (χ3v) is 5.70. The van der Waals surface area contributed by atoms with E-state index in [0.29, 0.717) is 13.0 Å². The van der Waals surface area contributed by atoms with Gasteiger partial charge in [0.1, 0.15) is 6.04 Å². The van der Waals surface area contributed by atoms with Crippen molar-refractivity contribution >= 4 is 16.1 Å². The maximum atomic E-state index is 12.5. The average Bonchev–Trinajstić information content (AvgIpc) is 2.80. The second-order valence-electron chi connectivity index (χ2n) is 6.15. The summed E-state index contributed by atoms with van der Waals surface area (Å²) in [6.45, 7) is 3.98. The number of carbonyl (C=O) groups is 1. The zero-order chi connectivity index (χ0) is 18.1. The molecule has 1 saturated heterocycles. The second kappa shape index (κ2) is 7.18. The Kier molecular flexibility index (Phi) is 5.63. The number of amides is 1. The minimum atomic E-state index is -3.75. The van der Waals surface area contributed by atoms with Crippen molar-refractivity contribution in [1.29, 1.82) is 0 Å². The quantitative estimate of drug-likeness (QED) is 0.734. The highest BCUT2D eigenvalue weighted by atomic mass is 32.2. The summed E-state index contributed by atoms with van der Waals surface area (Å²) >= 11 is 0. The van der Waals surface area contributed by atoms with Gasteiger partial charge in [0.2, 0.25) is 5.91 Å². The number of methoxy groups -OCH3 is 1. The normalized spacial score (nSPS) is 25.4. The number of ether oxygens (including phenoxy) is 1. The molecule has 0 radical (unpaired) electrons. The van der Waals surface area contributed by atoms with Gasteiger partial charge in [0.15, 0.2) is 0 Å². The number of aromatic nitrogens is 2. The summed E-state index contributed by atoms with van der Waals surface area (Å²) in [5, 5.41) is 7.04. The SMILES string of the molecule is COC[C@H](C)NC(=O)[C@@H]1C[C@H](c2cn(C)nc2C)NS(=O)(=O)N1C. The van der Waals surface area contributed by atoms with E-state index in [9.17, 15) is 13.2 Å². The number of nitrogens with one attached hydrogen (secondary N) is 2. The third kappa shape index (κ3) is 3.94. The summed E-state index contributed by atoms with van der Waals surface area (Å²) in [6.07, 6.45) is 2.10. The van der Waals surface area contributed by atoms with Crippen LogP contribution in [0.3, 0.4) is 0 Å². The van der Waals surface area contributed by atoms with E-state index in [0.717, 1.165) is 15.6 Å². The van der Waals surface area contributed by atoms with E-state index >= 15 is 0 Å². The van der Waals surface area contributed by atoms with Gasteiger partial charge in [-0.2, -0.15) is 22.5 Å². The number of hydrogen-bond donors (Lipinski definition) is 2. The molecular formula is C14H25N5O4S. The van der Waals surface area contributed by atoms with E-state index in [4.69, 9.17) is 4.74 Å². The van der Waals surface area contributed by atoms with E-state index in [1.165, 1.54) is 7.05 Å². The molecule has 1 aromatic rings. The lowest BCUT2D eigenvalue weighted by Crippen LogP contribution is -2.58. The van der Waals surface area contributed by atoms with Crippen LogP contribution in [0.5, 0.6) is 0 Å². The molecule has 1 aliphatic rings. The Morgan fingerprint density at radius 1 is 1.54 bits per heavy atom. The third-order valence-electron chi connectivity index (χ3n) is 4.10. The van der Waals surface area contributed by atoms with Gasteiger partial charge in [0, 0.05) is 39.0 Å². The second-order valence-corrected chi connectivity index (χ2v) is 7.91. The largest absolute Gasteiger partial charge is 0.383 e. The van der Waals surface area contributed by atoms with E-state index in [-0.39, 0.29) is 11.9 Å². The van der Waals surface area contributed by atoms with E-state index in [1.807, 2.05) is 6.92 Å². The molecule has 2 rings (SSSR count). The molecule has 9 nitrogen and oxygen atoms in total. The Bertz CT molecular complexity index is 702. The molecule has 2 heterocycles. The number of nitrogens with zero attached hydrogens (tertiary/aromatic N) is 3. The molecule has 0 bridgehead atoms. The van der Waals surface area contributed by atoms with Gasteiger partial charge in [-0.1, -0.05) is 0 Å². The zero-order valence-electron chi connectivity index (χ0n) is 14.6. The number of rotatable bonds is 5. The first-order valence-corrected chi connectivity index (χ1v) is 9.14. The van der Waals surface area contributed by atoms with Crippen molar-refractivity contribution in [3.8, 4) is 0 Å². The van der Waals surface area contributed by atoms with Crippen LogP contribution < -0.4 is 10.0 Å². The van der Waals surface area contributed by atoms with Gasteiger partial charge in [-0.25, -0.2) is 0 Å². The van der Waals surface area contributed by atoms with Crippen molar-refractivity contribution in [2.45, 2.75) is 38.4 Å². The van der Waals surface area contributed by atoms with Crippen LogP contribution >= 0.6 is 0 Å². The molecule has 1 amide bonds. The maximum absolute atomic E-state index is 12.5. The van der Waals surface area contributed by atoms with E-state index in [2.05, 4.69) is 15.1 Å². The van der Waals surface area contributed by atoms with Crippen molar-refractivity contribution in [3.63, 3.8) is 0 Å². The average molecular weight is 359 g/mol. The van der Waals surface area contributed by atoms with Crippen molar-refractivity contribution < 1.29 is 17.9 Å². The molecule has 1 aliphatic heterocycles. The van der Waals surface area contributed by atoms with Crippen molar-refractivity contribution in [2.75, 3.05) is 20.8 Å². The van der Waals surface area contributed by atoms with Gasteiger partial charge in [-0.05, 0) is 20.3 Å². The molecular weight excluding hydrogens is 334 g/mol. The number of aryl methyl sites for hydroxylation is 2. The molecule has 2 N–H and O–H groups in total. The predicted octanol–water partition coefficient (Wildman–Crippen LogP) is -0.541. The molecule has 24 heavy (non-hydrogen) atoms. The maximum Gasteiger partial charge on any atom is 0.280 e. The predicted molar refractivity (Wildman–Crippen MR) is 88.4 cm³/mol. The Hall–Kier alpha value is -1.49. The summed E-state index contributed by atoms with van der Waals surface area (Å²) in [6, 6.07) is -1.49. The van der Waals surface area contributed by atoms with Crippen molar-refractivity contribution in [3.05, 3.63) is 17.5 Å². The highest BCUT2D eigenvalue weighted by Gasteiger charge is 2.41. The van der Waals surface area contributed by atoms with Crippen LogP contribution in [0.1, 0.15) is 30.6 Å². The molecule has 10 heteroatoms. The molecule has 3 atom stereocenters. The monoisotopic (exact) mass is 359 g/mol. The van der Waals surface area contributed by atoms with Crippen LogP contribution in [-0.2, 0) is 26.8 Å². The lowest BCUT2D eigenvalue weighted by atomic mass is 10.00. The highest BCUT2D eigenvalue weighted by Crippen LogP contribution is 2.29. The summed E-state index contributed by atoms with van der Waals surface area (Å²) in [7, 11) is 0.969. The summed E-state index contributed by atoms with van der Waals surface area (Å²) < 4.78 is 35.1. The van der Waals surface area contributed by atoms with Crippen molar-refractivity contribution in [2.24, 2.45) is 7.05 Å². The molecule has 136 valence electrons. The molecule has 1 fully saturated rings. The van der Waals surface area contributed by atoms with Crippen LogP contribution in [0.2, 0.25) is 0 Å². The van der Waals surface area contributed by atoms with Gasteiger partial charge >= 0.3 is 0 Å². The first-order chi connectivity index (χ1) is 11.2. The van der Waals surface area contributed by atoms with Crippen LogP contribution in [0.25, 0.3) is 0 Å². The van der Waals surface area contributed by atoms with Crippen LogP contribution in [-0.4, -0.2) is 61.3 Å². The highest BCUT2D eigenvalue weighted by molar-refractivity contribution is 7.87. The van der Waals surface area contributed by atoms with Crippen LogP contribution in [0.15, 0.2) is 6.20 Å². The Morgan fingerprint density at radius 2 is 2.21 bits per heavy atom. The number of carbonyl (C=O) groups excluding carboxylic acids is 1. The summed E-state index contributed by atoms with van der Waals surface area (Å²) in [4.78, 5) is 12.5. The van der Waals surface area contributed by atoms with E-state index < -0.39 is 22.3 Å². The molecule has 0 aromatic carbocycles. The van der Waals surface area contributed by atoms with Gasteiger partial charge in [0.25, 0.3) is 10.2 Å². The lowest BCUT2D eigenvalue weighted by Gasteiger charge is -2.36. The Labute approximate surface area is 142 Å². The Morgan fingerprint density at radius 3 is 2.75 bits per heavy atom. The molecule has 0 spiro atoms. The topological polar surface area (TPSA) is 106 Å². The van der Waals surface area contributed by atoms with Crippen LogP contribution in [0.4, 0.5) is 0 Å². The van der Waals surface area contributed by atoms with Gasteiger partial charge in [-0.3, -0.25) is 9.48 Å². The standard InChI is InChI=1S/C14H25N5O4S/c1-9(8-23-5)15-14(20)13-6-12(17-24(21,22)19(13)4)11-7-18(3)16-10(11)2/h7,9,12-13,17H,6,8H2,1-5H3,(H,15,20)/t9-,12+,13-/m0/s1. The van der Waals surface area contributed by atoms with Gasteiger partial charge < -0.3 is 10.1 Å². The number of likely N-dealkylation sites (N-methyl/N-ethyl adjacent to an activating group) is 1. The lowest BCUT2D eigenvalue weighted by molar-refractivity contribution is -0.126. The minimum absolute atomic E-state index is 0.202. The molecule has 0 saturated carbocycles. The van der Waals surface area contributed by atoms with Gasteiger partial charge in [0.05, 0.1) is 18.3 Å². The first-order valence-electron chi connectivity index (χ1n) is 7.70. The molecule has 1 aromatic heterocycles. The fourth-order valence-corrected chi connectivity index (χ4v) is 4.17. The van der Waals surface area contributed by atoms with E-state index in [1.54, 1.807) is 32.0 Å². The number of hydrogen-bond acceptors (Lipinski definition) is 5. The summed E-state index contributed by atoms with van der Waals surface area (Å²) in [5.74, 6) is -0.335. The van der Waals surface area contributed by atoms with Crippen molar-refractivity contribution in [1.82, 2.24) is 24.1 Å². The summed E-state index contributed by atoms with van der Waals surface area (Å²) in [5.41, 5.74) is 1.51.